The van der Waals surface area contributed by atoms with Gasteiger partial charge in [-0.05, 0) is 37.1 Å². The maximum Gasteiger partial charge on any atom is 0.261 e. The second-order valence-corrected chi connectivity index (χ2v) is 7.95. The molecule has 5 nitrogen and oxygen atoms in total. The van der Waals surface area contributed by atoms with Crippen molar-refractivity contribution in [2.75, 3.05) is 12.4 Å². The molecule has 0 bridgehead atoms. The minimum atomic E-state index is -0.260. The van der Waals surface area contributed by atoms with Crippen molar-refractivity contribution in [3.05, 3.63) is 64.7 Å². The predicted molar refractivity (Wildman–Crippen MR) is 106 cm³/mol. The van der Waals surface area contributed by atoms with Crippen molar-refractivity contribution in [2.45, 2.75) is 23.9 Å². The monoisotopic (exact) mass is 385 g/mol. The lowest BCUT2D eigenvalue weighted by Gasteiger charge is -2.06. The molecule has 0 aliphatic heterocycles. The van der Waals surface area contributed by atoms with Gasteiger partial charge in [-0.1, -0.05) is 59.0 Å². The van der Waals surface area contributed by atoms with Gasteiger partial charge < -0.3 is 4.74 Å². The maximum absolute atomic E-state index is 12.4. The Kier molecular flexibility index (Phi) is 5.90. The van der Waals surface area contributed by atoms with Gasteiger partial charge >= 0.3 is 0 Å². The highest BCUT2D eigenvalue weighted by molar-refractivity contribution is 8.00. The number of nitrogens with one attached hydrogen (secondary N) is 1. The van der Waals surface area contributed by atoms with Crippen molar-refractivity contribution < 1.29 is 9.53 Å². The lowest BCUT2D eigenvalue weighted by Crippen LogP contribution is -2.12. The maximum atomic E-state index is 12.4. The number of carbonyl (C=O) groups is 1. The number of methoxy groups -OCH3 is 1. The van der Waals surface area contributed by atoms with Crippen LogP contribution in [0.3, 0.4) is 0 Å². The quantitative estimate of drug-likeness (QED) is 0.492. The van der Waals surface area contributed by atoms with Gasteiger partial charge in [-0.2, -0.15) is 0 Å². The average molecular weight is 386 g/mol. The number of anilines is 1. The van der Waals surface area contributed by atoms with E-state index in [0.29, 0.717) is 16.4 Å². The Balaban J connectivity index is 1.64. The van der Waals surface area contributed by atoms with Gasteiger partial charge in [0, 0.05) is 5.75 Å². The lowest BCUT2D eigenvalue weighted by molar-refractivity contribution is 0.102. The summed E-state index contributed by atoms with van der Waals surface area (Å²) >= 11 is 2.98. The molecule has 0 aliphatic rings. The molecule has 0 saturated carbocycles. The highest BCUT2D eigenvalue weighted by atomic mass is 32.2. The van der Waals surface area contributed by atoms with Crippen LogP contribution in [0.1, 0.15) is 27.0 Å². The zero-order chi connectivity index (χ0) is 18.5. The van der Waals surface area contributed by atoms with Crippen LogP contribution in [0.25, 0.3) is 0 Å². The van der Waals surface area contributed by atoms with Crippen molar-refractivity contribution in [3.8, 4) is 5.75 Å². The van der Waals surface area contributed by atoms with E-state index in [1.807, 2.05) is 6.07 Å². The number of carbonyl (C=O) groups excluding carboxylic acids is 1. The second kappa shape index (κ2) is 8.33. The van der Waals surface area contributed by atoms with E-state index in [4.69, 9.17) is 4.74 Å². The van der Waals surface area contributed by atoms with Gasteiger partial charge in [0.15, 0.2) is 4.34 Å². The number of para-hydroxylation sites is 1. The molecule has 0 unspecified atom stereocenters. The third-order valence-electron chi connectivity index (χ3n) is 3.83. The van der Waals surface area contributed by atoms with Gasteiger partial charge in [-0.25, -0.2) is 0 Å². The molecule has 0 aliphatic carbocycles. The first-order valence-electron chi connectivity index (χ1n) is 8.03. The first-order valence-corrected chi connectivity index (χ1v) is 9.84. The molecule has 7 heteroatoms. The van der Waals surface area contributed by atoms with Gasteiger partial charge in [0.05, 0.1) is 12.7 Å². The summed E-state index contributed by atoms with van der Waals surface area (Å²) in [5.74, 6) is 1.09. The molecule has 1 amide bonds. The second-order valence-electron chi connectivity index (χ2n) is 5.75. The minimum absolute atomic E-state index is 0.260. The molecule has 0 atom stereocenters. The SMILES string of the molecule is COc1ccccc1C(=O)Nc1nnc(SCc2cc(C)ccc2C)s1. The summed E-state index contributed by atoms with van der Waals surface area (Å²) in [6.07, 6.45) is 0. The third kappa shape index (κ3) is 4.42. The van der Waals surface area contributed by atoms with E-state index in [1.165, 1.54) is 28.0 Å². The van der Waals surface area contributed by atoms with Crippen molar-refractivity contribution in [1.82, 2.24) is 10.2 Å². The number of hydrogen-bond donors (Lipinski definition) is 1. The molecule has 3 rings (SSSR count). The van der Waals surface area contributed by atoms with Crippen LogP contribution in [0, 0.1) is 13.8 Å². The molecule has 134 valence electrons. The topological polar surface area (TPSA) is 64.1 Å². The molecule has 2 aromatic carbocycles. The molecule has 3 aromatic rings. The Hall–Kier alpha value is -2.38. The summed E-state index contributed by atoms with van der Waals surface area (Å²) in [7, 11) is 1.54. The van der Waals surface area contributed by atoms with E-state index < -0.39 is 0 Å². The molecular weight excluding hydrogens is 366 g/mol. The van der Waals surface area contributed by atoms with Gasteiger partial charge in [0.2, 0.25) is 5.13 Å². The normalized spacial score (nSPS) is 10.6. The summed E-state index contributed by atoms with van der Waals surface area (Å²) in [6.45, 7) is 4.19. The highest BCUT2D eigenvalue weighted by Crippen LogP contribution is 2.30. The number of nitrogens with zero attached hydrogens (tertiary/aromatic N) is 2. The van der Waals surface area contributed by atoms with Crippen LogP contribution in [-0.4, -0.2) is 23.2 Å². The molecule has 1 heterocycles. The highest BCUT2D eigenvalue weighted by Gasteiger charge is 2.14. The van der Waals surface area contributed by atoms with Gasteiger partial charge in [0.25, 0.3) is 5.91 Å². The van der Waals surface area contributed by atoms with Crippen molar-refractivity contribution in [3.63, 3.8) is 0 Å². The smallest absolute Gasteiger partial charge is 0.261 e. The Morgan fingerprint density at radius 3 is 2.81 bits per heavy atom. The summed E-state index contributed by atoms with van der Waals surface area (Å²) in [4.78, 5) is 12.4. The van der Waals surface area contributed by atoms with E-state index >= 15 is 0 Å². The van der Waals surface area contributed by atoms with E-state index in [-0.39, 0.29) is 5.91 Å². The van der Waals surface area contributed by atoms with E-state index in [2.05, 4.69) is 47.6 Å². The standard InChI is InChI=1S/C19H19N3O2S2/c1-12-8-9-13(2)14(10-12)11-25-19-22-21-18(26-19)20-17(23)15-6-4-5-7-16(15)24-3/h4-10H,11H2,1-3H3,(H,20,21,23). The van der Waals surface area contributed by atoms with Crippen LogP contribution < -0.4 is 10.1 Å². The fourth-order valence-electron chi connectivity index (χ4n) is 2.41. The number of aromatic nitrogens is 2. The molecular formula is C19H19N3O2S2. The number of ether oxygens (including phenoxy) is 1. The summed E-state index contributed by atoms with van der Waals surface area (Å²) in [6, 6.07) is 13.5. The number of hydrogen-bond acceptors (Lipinski definition) is 6. The van der Waals surface area contributed by atoms with Crippen LogP contribution in [-0.2, 0) is 5.75 Å². The molecule has 0 spiro atoms. The number of benzene rings is 2. The largest absolute Gasteiger partial charge is 0.496 e. The van der Waals surface area contributed by atoms with Gasteiger partial charge in [-0.3, -0.25) is 10.1 Å². The molecule has 1 aromatic heterocycles. The Morgan fingerprint density at radius 2 is 2.00 bits per heavy atom. The zero-order valence-corrected chi connectivity index (χ0v) is 16.4. The third-order valence-corrected chi connectivity index (χ3v) is 5.86. The minimum Gasteiger partial charge on any atom is -0.496 e. The summed E-state index contributed by atoms with van der Waals surface area (Å²) in [5.41, 5.74) is 4.25. The number of rotatable bonds is 6. The van der Waals surface area contributed by atoms with Crippen LogP contribution >= 0.6 is 23.1 Å². The van der Waals surface area contributed by atoms with Gasteiger partial charge in [-0.15, -0.1) is 10.2 Å². The van der Waals surface area contributed by atoms with E-state index in [9.17, 15) is 4.79 Å². The van der Waals surface area contributed by atoms with E-state index in [1.54, 1.807) is 37.1 Å². The molecule has 0 saturated heterocycles. The van der Waals surface area contributed by atoms with Crippen molar-refractivity contribution in [1.29, 1.82) is 0 Å². The fourth-order valence-corrected chi connectivity index (χ4v) is 4.22. The van der Waals surface area contributed by atoms with Crippen LogP contribution in [0.5, 0.6) is 5.75 Å². The van der Waals surface area contributed by atoms with Crippen LogP contribution in [0.2, 0.25) is 0 Å². The predicted octanol–water partition coefficient (Wildman–Crippen LogP) is 4.71. The first-order chi connectivity index (χ1) is 12.6. The Bertz CT molecular complexity index is 925. The van der Waals surface area contributed by atoms with Gasteiger partial charge in [0.1, 0.15) is 5.75 Å². The zero-order valence-electron chi connectivity index (χ0n) is 14.8. The van der Waals surface area contributed by atoms with E-state index in [0.717, 1.165) is 10.1 Å². The molecule has 0 fully saturated rings. The molecule has 26 heavy (non-hydrogen) atoms. The lowest BCUT2D eigenvalue weighted by atomic mass is 10.1. The van der Waals surface area contributed by atoms with Crippen LogP contribution in [0.4, 0.5) is 5.13 Å². The number of aryl methyl sites for hydroxylation is 2. The average Bonchev–Trinajstić information content (AvgIpc) is 3.09. The molecule has 1 N–H and O–H groups in total. The summed E-state index contributed by atoms with van der Waals surface area (Å²) in [5, 5.41) is 11.5. The van der Waals surface area contributed by atoms with Crippen LogP contribution in [0.15, 0.2) is 46.8 Å². The number of thioether (sulfide) groups is 1. The molecule has 0 radical (unpaired) electrons. The fraction of sp³-hybridized carbons (Fsp3) is 0.211. The first kappa shape index (κ1) is 18.4. The van der Waals surface area contributed by atoms with Crippen molar-refractivity contribution in [2.24, 2.45) is 0 Å². The van der Waals surface area contributed by atoms with Crippen molar-refractivity contribution >= 4 is 34.1 Å². The number of amides is 1. The Labute approximate surface area is 160 Å². The Morgan fingerprint density at radius 1 is 1.19 bits per heavy atom. The summed E-state index contributed by atoms with van der Waals surface area (Å²) < 4.78 is 6.04.